The predicted molar refractivity (Wildman–Crippen MR) is 78.9 cm³/mol. The van der Waals surface area contributed by atoms with Crippen LogP contribution in [0.1, 0.15) is 46.0 Å². The van der Waals surface area contributed by atoms with Gasteiger partial charge in [-0.3, -0.25) is 0 Å². The molecule has 1 heterocycles. The average Bonchev–Trinajstić information content (AvgIpc) is 2.53. The summed E-state index contributed by atoms with van der Waals surface area (Å²) in [4.78, 5) is 0. The van der Waals surface area contributed by atoms with Gasteiger partial charge >= 0.3 is 0 Å². The molecular weight excluding hydrogens is 286 g/mol. The molecule has 1 N–H and O–H groups in total. The zero-order chi connectivity index (χ0) is 14.5. The number of rotatable bonds is 6. The molecule has 3 atom stereocenters. The summed E-state index contributed by atoms with van der Waals surface area (Å²) in [5.74, 6) is 0.420. The van der Waals surface area contributed by atoms with Crippen molar-refractivity contribution in [2.75, 3.05) is 18.2 Å². The van der Waals surface area contributed by atoms with Crippen molar-refractivity contribution >= 4 is 21.6 Å². The second-order valence-corrected chi connectivity index (χ2v) is 8.01. The minimum Gasteiger partial charge on any atom is -0.393 e. The molecule has 4 nitrogen and oxygen atoms in total. The van der Waals surface area contributed by atoms with Gasteiger partial charge in [0.1, 0.15) is 0 Å². The highest BCUT2D eigenvalue weighted by Crippen LogP contribution is 2.24. The molecule has 0 bridgehead atoms. The summed E-state index contributed by atoms with van der Waals surface area (Å²) >= 11 is 5.73. The predicted octanol–water partition coefficient (Wildman–Crippen LogP) is 2.21. The van der Waals surface area contributed by atoms with Gasteiger partial charge in [-0.1, -0.05) is 19.8 Å². The first-order valence-corrected chi connectivity index (χ1v) is 9.24. The highest BCUT2D eigenvalue weighted by molar-refractivity contribution is 7.89. The van der Waals surface area contributed by atoms with Crippen LogP contribution >= 0.6 is 11.6 Å². The smallest absolute Gasteiger partial charge is 0.214 e. The molecule has 1 rings (SSSR count). The van der Waals surface area contributed by atoms with Crippen molar-refractivity contribution in [3.05, 3.63) is 0 Å². The normalized spacial score (nSPS) is 25.8. The Balaban J connectivity index is 2.83. The highest BCUT2D eigenvalue weighted by atomic mass is 35.5. The molecule has 3 unspecified atom stereocenters. The second kappa shape index (κ2) is 7.81. The summed E-state index contributed by atoms with van der Waals surface area (Å²) < 4.78 is 26.6. The van der Waals surface area contributed by atoms with Crippen LogP contribution in [0.15, 0.2) is 0 Å². The van der Waals surface area contributed by atoms with E-state index in [1.165, 1.54) is 0 Å². The van der Waals surface area contributed by atoms with E-state index in [9.17, 15) is 13.5 Å². The van der Waals surface area contributed by atoms with Crippen molar-refractivity contribution in [2.24, 2.45) is 5.92 Å². The van der Waals surface area contributed by atoms with E-state index in [1.54, 1.807) is 11.2 Å². The van der Waals surface area contributed by atoms with Crippen LogP contribution in [0.2, 0.25) is 0 Å². The molecule has 0 aromatic carbocycles. The largest absolute Gasteiger partial charge is 0.393 e. The number of nitrogens with zero attached hydrogens (tertiary/aromatic N) is 1. The van der Waals surface area contributed by atoms with E-state index in [4.69, 9.17) is 11.6 Å². The Morgan fingerprint density at radius 1 is 1.32 bits per heavy atom. The maximum atomic E-state index is 12.5. The van der Waals surface area contributed by atoms with Crippen molar-refractivity contribution in [2.45, 2.75) is 58.1 Å². The van der Waals surface area contributed by atoms with Crippen LogP contribution in [0, 0.1) is 5.92 Å². The second-order valence-electron chi connectivity index (χ2n) is 5.74. The Bertz CT molecular complexity index is 359. The standard InChI is InChI=1S/C13H26ClNO3S/c1-11(9-14)10-19(17,18)15-7-5-3-4-6-13(15)8-12(2)16/h11-13,16H,3-10H2,1-2H3. The van der Waals surface area contributed by atoms with Gasteiger partial charge in [0, 0.05) is 18.5 Å². The lowest BCUT2D eigenvalue weighted by molar-refractivity contribution is 0.147. The Morgan fingerprint density at radius 3 is 2.58 bits per heavy atom. The number of aliphatic hydroxyl groups excluding tert-OH is 1. The van der Waals surface area contributed by atoms with Crippen molar-refractivity contribution in [3.8, 4) is 0 Å². The minimum absolute atomic E-state index is 0.0397. The third kappa shape index (κ3) is 5.58. The van der Waals surface area contributed by atoms with Crippen LogP contribution < -0.4 is 0 Å². The van der Waals surface area contributed by atoms with Crippen LogP contribution in [0.3, 0.4) is 0 Å². The Labute approximate surface area is 122 Å². The molecule has 1 fully saturated rings. The molecule has 19 heavy (non-hydrogen) atoms. The lowest BCUT2D eigenvalue weighted by Crippen LogP contribution is -2.43. The third-order valence-corrected chi connectivity index (χ3v) is 6.26. The first kappa shape index (κ1) is 17.2. The number of sulfonamides is 1. The first-order valence-electron chi connectivity index (χ1n) is 7.10. The molecule has 0 radical (unpaired) electrons. The third-order valence-electron chi connectivity index (χ3n) is 3.55. The van der Waals surface area contributed by atoms with Gasteiger partial charge in [-0.25, -0.2) is 8.42 Å². The zero-order valence-corrected chi connectivity index (χ0v) is 13.5. The van der Waals surface area contributed by atoms with Crippen LogP contribution in [0.4, 0.5) is 0 Å². The van der Waals surface area contributed by atoms with Gasteiger partial charge in [0.25, 0.3) is 0 Å². The monoisotopic (exact) mass is 311 g/mol. The van der Waals surface area contributed by atoms with E-state index in [0.29, 0.717) is 18.8 Å². The molecule has 6 heteroatoms. The molecule has 1 saturated heterocycles. The summed E-state index contributed by atoms with van der Waals surface area (Å²) in [6, 6.07) is -0.0602. The lowest BCUT2D eigenvalue weighted by atomic mass is 10.1. The van der Waals surface area contributed by atoms with Crippen LogP contribution in [-0.4, -0.2) is 48.2 Å². The molecule has 0 aromatic heterocycles. The van der Waals surface area contributed by atoms with Crippen molar-refractivity contribution in [3.63, 3.8) is 0 Å². The van der Waals surface area contributed by atoms with Crippen molar-refractivity contribution < 1.29 is 13.5 Å². The van der Waals surface area contributed by atoms with Gasteiger partial charge in [-0.05, 0) is 32.1 Å². The van der Waals surface area contributed by atoms with Crippen LogP contribution in [-0.2, 0) is 10.0 Å². The maximum absolute atomic E-state index is 12.5. The van der Waals surface area contributed by atoms with Gasteiger partial charge in [-0.15, -0.1) is 11.6 Å². The Kier molecular flexibility index (Phi) is 7.08. The molecule has 0 aromatic rings. The zero-order valence-electron chi connectivity index (χ0n) is 11.9. The molecule has 0 amide bonds. The number of halogens is 1. The van der Waals surface area contributed by atoms with E-state index < -0.39 is 16.1 Å². The van der Waals surface area contributed by atoms with Gasteiger partial charge in [0.15, 0.2) is 0 Å². The number of hydrogen-bond donors (Lipinski definition) is 1. The quantitative estimate of drug-likeness (QED) is 0.765. The summed E-state index contributed by atoms with van der Waals surface area (Å²) in [7, 11) is -3.28. The fraction of sp³-hybridized carbons (Fsp3) is 1.00. The Morgan fingerprint density at radius 2 is 2.00 bits per heavy atom. The summed E-state index contributed by atoms with van der Waals surface area (Å²) in [5, 5.41) is 9.57. The number of hydrogen-bond acceptors (Lipinski definition) is 3. The molecule has 1 aliphatic heterocycles. The SMILES string of the molecule is CC(O)CC1CCCCCN1S(=O)(=O)CC(C)CCl. The van der Waals surface area contributed by atoms with E-state index in [0.717, 1.165) is 25.7 Å². The number of aliphatic hydroxyl groups is 1. The average molecular weight is 312 g/mol. The topological polar surface area (TPSA) is 57.6 Å². The van der Waals surface area contributed by atoms with E-state index in [2.05, 4.69) is 0 Å². The minimum atomic E-state index is -3.28. The van der Waals surface area contributed by atoms with Gasteiger partial charge in [-0.2, -0.15) is 4.31 Å². The maximum Gasteiger partial charge on any atom is 0.214 e. The van der Waals surface area contributed by atoms with Crippen molar-refractivity contribution in [1.29, 1.82) is 0 Å². The molecule has 0 aliphatic carbocycles. The first-order chi connectivity index (χ1) is 8.86. The molecule has 0 spiro atoms. The molecular formula is C13H26ClNO3S. The summed E-state index contributed by atoms with van der Waals surface area (Å²) in [6.45, 7) is 4.15. The summed E-state index contributed by atoms with van der Waals surface area (Å²) in [6.07, 6.45) is 3.91. The van der Waals surface area contributed by atoms with Gasteiger partial charge in [0.05, 0.1) is 11.9 Å². The molecule has 1 aliphatic rings. The summed E-state index contributed by atoms with van der Waals surface area (Å²) in [5.41, 5.74) is 0. The number of alkyl halides is 1. The fourth-order valence-corrected chi connectivity index (χ4v) is 4.97. The van der Waals surface area contributed by atoms with Gasteiger partial charge < -0.3 is 5.11 Å². The van der Waals surface area contributed by atoms with Gasteiger partial charge in [0.2, 0.25) is 10.0 Å². The van der Waals surface area contributed by atoms with Crippen molar-refractivity contribution in [1.82, 2.24) is 4.31 Å². The highest BCUT2D eigenvalue weighted by Gasteiger charge is 2.32. The van der Waals surface area contributed by atoms with Crippen LogP contribution in [0.5, 0.6) is 0 Å². The van der Waals surface area contributed by atoms with Crippen LogP contribution in [0.25, 0.3) is 0 Å². The molecule has 114 valence electrons. The van der Waals surface area contributed by atoms with E-state index in [1.807, 2.05) is 6.92 Å². The lowest BCUT2D eigenvalue weighted by Gasteiger charge is -2.30. The molecule has 0 saturated carbocycles. The van der Waals surface area contributed by atoms with E-state index >= 15 is 0 Å². The van der Waals surface area contributed by atoms with E-state index in [-0.39, 0.29) is 17.7 Å². The Hall–Kier alpha value is 0.160. The fourth-order valence-electron chi connectivity index (χ4n) is 2.65.